The largest absolute Gasteiger partial charge is 0.349 e. The summed E-state index contributed by atoms with van der Waals surface area (Å²) in [5.74, 6) is 0.283. The molecule has 1 heterocycles. The van der Waals surface area contributed by atoms with Crippen LogP contribution in [-0.2, 0) is 11.2 Å². The molecular formula is C19H19N5OS. The molecule has 1 N–H and O–H groups in total. The fraction of sp³-hybridized carbons (Fsp3) is 0.263. The lowest BCUT2D eigenvalue weighted by molar-refractivity contribution is -0.119. The van der Waals surface area contributed by atoms with E-state index in [0.29, 0.717) is 5.16 Å². The van der Waals surface area contributed by atoms with Crippen LogP contribution in [0.4, 0.5) is 0 Å². The molecule has 1 aliphatic rings. The van der Waals surface area contributed by atoms with Crippen LogP contribution in [0.25, 0.3) is 5.69 Å². The van der Waals surface area contributed by atoms with Gasteiger partial charge in [0.2, 0.25) is 11.1 Å². The molecule has 0 saturated carbocycles. The van der Waals surface area contributed by atoms with Crippen LogP contribution >= 0.6 is 11.8 Å². The molecule has 0 fully saturated rings. The summed E-state index contributed by atoms with van der Waals surface area (Å²) in [7, 11) is 0. The number of nitrogens with zero attached hydrogens (tertiary/aromatic N) is 4. The van der Waals surface area contributed by atoms with Gasteiger partial charge in [-0.05, 0) is 52.9 Å². The summed E-state index contributed by atoms with van der Waals surface area (Å²) in [5.41, 5.74) is 3.46. The molecule has 0 spiro atoms. The number of hydrogen-bond acceptors (Lipinski definition) is 5. The molecule has 6 nitrogen and oxygen atoms in total. The Morgan fingerprint density at radius 2 is 1.96 bits per heavy atom. The first-order valence-electron chi connectivity index (χ1n) is 8.65. The van der Waals surface area contributed by atoms with Crippen LogP contribution in [0.2, 0.25) is 0 Å². The maximum Gasteiger partial charge on any atom is 0.230 e. The van der Waals surface area contributed by atoms with Gasteiger partial charge in [0.15, 0.2) is 0 Å². The summed E-state index contributed by atoms with van der Waals surface area (Å²) < 4.78 is 1.65. The van der Waals surface area contributed by atoms with E-state index in [1.54, 1.807) is 4.68 Å². The Bertz CT molecular complexity index is 896. The number of aromatic nitrogens is 4. The Morgan fingerprint density at radius 3 is 2.85 bits per heavy atom. The molecule has 4 rings (SSSR count). The Labute approximate surface area is 156 Å². The Kier molecular flexibility index (Phi) is 4.97. The maximum atomic E-state index is 12.5. The third-order valence-corrected chi connectivity index (χ3v) is 5.40. The van der Waals surface area contributed by atoms with E-state index >= 15 is 0 Å². The number of amides is 1. The molecular weight excluding hydrogens is 346 g/mol. The molecule has 0 unspecified atom stereocenters. The minimum Gasteiger partial charge on any atom is -0.349 e. The van der Waals surface area contributed by atoms with Crippen molar-refractivity contribution >= 4 is 17.7 Å². The predicted molar refractivity (Wildman–Crippen MR) is 100 cm³/mol. The van der Waals surface area contributed by atoms with Crippen LogP contribution in [0, 0.1) is 0 Å². The van der Waals surface area contributed by atoms with Gasteiger partial charge >= 0.3 is 0 Å². The van der Waals surface area contributed by atoms with Gasteiger partial charge in [0, 0.05) is 0 Å². The number of tetrazole rings is 1. The van der Waals surface area contributed by atoms with E-state index in [1.807, 2.05) is 36.4 Å². The van der Waals surface area contributed by atoms with E-state index in [4.69, 9.17) is 0 Å². The summed E-state index contributed by atoms with van der Waals surface area (Å²) in [4.78, 5) is 12.5. The highest BCUT2D eigenvalue weighted by Gasteiger charge is 2.21. The van der Waals surface area contributed by atoms with Crippen LogP contribution in [0.1, 0.15) is 30.0 Å². The van der Waals surface area contributed by atoms with Crippen molar-refractivity contribution < 1.29 is 4.79 Å². The number of aryl methyl sites for hydroxylation is 1. The number of nitrogens with one attached hydrogen (secondary N) is 1. The second-order valence-corrected chi connectivity index (χ2v) is 7.15. The smallest absolute Gasteiger partial charge is 0.230 e. The molecule has 0 radical (unpaired) electrons. The Balaban J connectivity index is 1.40. The second-order valence-electron chi connectivity index (χ2n) is 6.21. The Hall–Kier alpha value is -2.67. The first kappa shape index (κ1) is 16.8. The standard InChI is InChI=1S/C19H19N5OS/c25-18(20-17-12-6-8-14-7-4-5-11-16(14)17)13-26-19-21-22-23-24(19)15-9-2-1-3-10-15/h1-5,7,9-11,17H,6,8,12-13H2,(H,20,25)/t17-/m1/s1. The lowest BCUT2D eigenvalue weighted by Gasteiger charge is -2.26. The van der Waals surface area contributed by atoms with Gasteiger partial charge in [-0.25, -0.2) is 0 Å². The Morgan fingerprint density at radius 1 is 1.15 bits per heavy atom. The summed E-state index contributed by atoms with van der Waals surface area (Å²) in [6.07, 6.45) is 3.17. The summed E-state index contributed by atoms with van der Waals surface area (Å²) in [5, 5.41) is 15.5. The van der Waals surface area contributed by atoms with Crippen molar-refractivity contribution in [3.8, 4) is 5.69 Å². The van der Waals surface area contributed by atoms with E-state index in [1.165, 1.54) is 22.9 Å². The van der Waals surface area contributed by atoms with Crippen molar-refractivity contribution in [3.63, 3.8) is 0 Å². The van der Waals surface area contributed by atoms with Gasteiger partial charge in [-0.1, -0.05) is 54.2 Å². The summed E-state index contributed by atoms with van der Waals surface area (Å²) in [6.45, 7) is 0. The van der Waals surface area contributed by atoms with E-state index < -0.39 is 0 Å². The van der Waals surface area contributed by atoms with Gasteiger partial charge in [-0.2, -0.15) is 4.68 Å². The van der Waals surface area contributed by atoms with Crippen molar-refractivity contribution in [1.82, 2.24) is 25.5 Å². The van der Waals surface area contributed by atoms with E-state index in [0.717, 1.165) is 24.9 Å². The van der Waals surface area contributed by atoms with Crippen molar-refractivity contribution in [2.24, 2.45) is 0 Å². The minimum absolute atomic E-state index is 0.000635. The SMILES string of the molecule is O=C(CSc1nnnn1-c1ccccc1)N[C@@H]1CCCc2ccccc21. The molecule has 132 valence electrons. The first-order chi connectivity index (χ1) is 12.8. The van der Waals surface area contributed by atoms with Crippen molar-refractivity contribution in [2.45, 2.75) is 30.5 Å². The monoisotopic (exact) mass is 365 g/mol. The molecule has 26 heavy (non-hydrogen) atoms. The third-order valence-electron chi connectivity index (χ3n) is 4.48. The van der Waals surface area contributed by atoms with Crippen LogP contribution < -0.4 is 5.32 Å². The fourth-order valence-electron chi connectivity index (χ4n) is 3.27. The lowest BCUT2D eigenvalue weighted by atomic mass is 9.88. The van der Waals surface area contributed by atoms with Crippen molar-refractivity contribution in [1.29, 1.82) is 0 Å². The number of rotatable bonds is 5. The minimum atomic E-state index is -0.000635. The van der Waals surface area contributed by atoms with E-state index in [-0.39, 0.29) is 17.7 Å². The number of benzene rings is 2. The predicted octanol–water partition coefficient (Wildman–Crippen LogP) is 2.95. The topological polar surface area (TPSA) is 72.7 Å². The van der Waals surface area contributed by atoms with Gasteiger partial charge in [0.1, 0.15) is 0 Å². The van der Waals surface area contributed by atoms with Gasteiger partial charge in [-0.3, -0.25) is 4.79 Å². The average molecular weight is 365 g/mol. The number of carbonyl (C=O) groups is 1. The zero-order chi connectivity index (χ0) is 17.8. The lowest BCUT2D eigenvalue weighted by Crippen LogP contribution is -2.32. The van der Waals surface area contributed by atoms with Crippen LogP contribution in [0.15, 0.2) is 59.8 Å². The molecule has 1 atom stereocenters. The van der Waals surface area contributed by atoms with Crippen molar-refractivity contribution in [3.05, 3.63) is 65.7 Å². The van der Waals surface area contributed by atoms with Crippen LogP contribution in [0.3, 0.4) is 0 Å². The molecule has 1 aliphatic carbocycles. The average Bonchev–Trinajstić information content (AvgIpc) is 3.16. The number of para-hydroxylation sites is 1. The highest BCUT2D eigenvalue weighted by atomic mass is 32.2. The molecule has 1 amide bonds. The first-order valence-corrected chi connectivity index (χ1v) is 9.63. The highest BCUT2D eigenvalue weighted by Crippen LogP contribution is 2.29. The summed E-state index contributed by atoms with van der Waals surface area (Å²) in [6, 6.07) is 18.1. The number of hydrogen-bond donors (Lipinski definition) is 1. The van der Waals surface area contributed by atoms with Gasteiger partial charge in [0.05, 0.1) is 17.5 Å². The number of fused-ring (bicyclic) bond motifs is 1. The van der Waals surface area contributed by atoms with Gasteiger partial charge < -0.3 is 5.32 Å². The molecule has 0 bridgehead atoms. The maximum absolute atomic E-state index is 12.5. The fourth-order valence-corrected chi connectivity index (χ4v) is 3.97. The molecule has 0 saturated heterocycles. The molecule has 7 heteroatoms. The van der Waals surface area contributed by atoms with Crippen molar-refractivity contribution in [2.75, 3.05) is 5.75 Å². The number of thioether (sulfide) groups is 1. The zero-order valence-electron chi connectivity index (χ0n) is 14.2. The van der Waals surface area contributed by atoms with E-state index in [9.17, 15) is 4.79 Å². The molecule has 1 aromatic heterocycles. The second kappa shape index (κ2) is 7.70. The van der Waals surface area contributed by atoms with Crippen LogP contribution in [-0.4, -0.2) is 31.9 Å². The third kappa shape index (κ3) is 3.62. The van der Waals surface area contributed by atoms with Crippen LogP contribution in [0.5, 0.6) is 0 Å². The highest BCUT2D eigenvalue weighted by molar-refractivity contribution is 7.99. The molecule has 2 aromatic carbocycles. The quantitative estimate of drug-likeness (QED) is 0.704. The normalized spacial score (nSPS) is 16.1. The van der Waals surface area contributed by atoms with Gasteiger partial charge in [0.25, 0.3) is 0 Å². The molecule has 0 aliphatic heterocycles. The van der Waals surface area contributed by atoms with Gasteiger partial charge in [-0.15, -0.1) is 5.10 Å². The molecule has 3 aromatic rings. The zero-order valence-corrected chi connectivity index (χ0v) is 15.0. The number of carbonyl (C=O) groups excluding carboxylic acids is 1. The summed E-state index contributed by atoms with van der Waals surface area (Å²) >= 11 is 1.34. The van der Waals surface area contributed by atoms with E-state index in [2.05, 4.69) is 39.0 Å².